The first kappa shape index (κ1) is 14.2. The van der Waals surface area contributed by atoms with E-state index in [4.69, 9.17) is 0 Å². The Balaban J connectivity index is 2.88. The van der Waals surface area contributed by atoms with E-state index >= 15 is 0 Å². The summed E-state index contributed by atoms with van der Waals surface area (Å²) < 4.78 is 2.07. The highest BCUT2D eigenvalue weighted by Crippen LogP contribution is 2.28. The van der Waals surface area contributed by atoms with Gasteiger partial charge in [-0.25, -0.2) is 0 Å². The fraction of sp³-hybridized carbons (Fsp3) is 0.786. The molecule has 1 aromatic rings. The van der Waals surface area contributed by atoms with E-state index in [0.717, 1.165) is 37.9 Å². The van der Waals surface area contributed by atoms with Crippen LogP contribution in [0.4, 0.5) is 0 Å². The molecule has 0 aliphatic rings. The van der Waals surface area contributed by atoms with Gasteiger partial charge in [-0.2, -0.15) is 5.10 Å². The second-order valence-electron chi connectivity index (χ2n) is 5.19. The quantitative estimate of drug-likeness (QED) is 0.793. The van der Waals surface area contributed by atoms with E-state index in [1.807, 2.05) is 0 Å². The van der Waals surface area contributed by atoms with Crippen molar-refractivity contribution in [3.63, 3.8) is 0 Å². The molecule has 3 nitrogen and oxygen atoms in total. The zero-order valence-corrected chi connectivity index (χ0v) is 11.7. The lowest BCUT2D eigenvalue weighted by atomic mass is 9.82. The van der Waals surface area contributed by atoms with Gasteiger partial charge in [0, 0.05) is 18.8 Å². The predicted molar refractivity (Wildman–Crippen MR) is 71.1 cm³/mol. The predicted octanol–water partition coefficient (Wildman–Crippen LogP) is 2.81. The molecule has 0 bridgehead atoms. The Labute approximate surface area is 105 Å². The molecule has 1 heterocycles. The molecule has 17 heavy (non-hydrogen) atoms. The molecule has 0 amide bonds. The Morgan fingerprint density at radius 2 is 2.06 bits per heavy atom. The maximum atomic E-state index is 9.58. The third-order valence-corrected chi connectivity index (χ3v) is 3.42. The summed E-state index contributed by atoms with van der Waals surface area (Å²) in [6.45, 7) is 9.73. The molecule has 0 spiro atoms. The van der Waals surface area contributed by atoms with Crippen LogP contribution in [0.5, 0.6) is 0 Å². The van der Waals surface area contributed by atoms with Gasteiger partial charge in [0.05, 0.1) is 5.69 Å². The van der Waals surface area contributed by atoms with E-state index in [-0.39, 0.29) is 12.0 Å². The van der Waals surface area contributed by atoms with E-state index in [1.54, 1.807) is 0 Å². The largest absolute Gasteiger partial charge is 0.396 e. The molecule has 1 atom stereocenters. The van der Waals surface area contributed by atoms with Crippen molar-refractivity contribution in [2.24, 2.45) is 5.41 Å². The van der Waals surface area contributed by atoms with Crippen LogP contribution in [-0.2, 0) is 19.4 Å². The van der Waals surface area contributed by atoms with E-state index in [1.165, 1.54) is 5.69 Å². The van der Waals surface area contributed by atoms with Gasteiger partial charge in [-0.1, -0.05) is 27.2 Å². The molecule has 0 aromatic carbocycles. The fourth-order valence-corrected chi connectivity index (χ4v) is 2.37. The maximum absolute atomic E-state index is 9.58. The second-order valence-corrected chi connectivity index (χ2v) is 5.19. The van der Waals surface area contributed by atoms with Gasteiger partial charge in [0.15, 0.2) is 0 Å². The van der Waals surface area contributed by atoms with E-state index in [2.05, 4.69) is 43.5 Å². The summed E-state index contributed by atoms with van der Waals surface area (Å²) in [5.74, 6) is 0. The number of hydrogen-bond donors (Lipinski definition) is 1. The van der Waals surface area contributed by atoms with Crippen LogP contribution < -0.4 is 0 Å². The van der Waals surface area contributed by atoms with Crippen molar-refractivity contribution in [1.29, 1.82) is 0 Å². The molecule has 1 aromatic heterocycles. The molecule has 0 radical (unpaired) electrons. The van der Waals surface area contributed by atoms with Gasteiger partial charge in [-0.3, -0.25) is 4.68 Å². The summed E-state index contributed by atoms with van der Waals surface area (Å²) in [7, 11) is 0. The van der Waals surface area contributed by atoms with Gasteiger partial charge >= 0.3 is 0 Å². The Kier molecular flexibility index (Phi) is 5.19. The van der Waals surface area contributed by atoms with Crippen LogP contribution in [0.1, 0.15) is 51.9 Å². The SMILES string of the molecule is CCCC(C)(CO)Cc1cc(CC)nn1CC. The molecule has 1 N–H and O–H groups in total. The summed E-state index contributed by atoms with van der Waals surface area (Å²) >= 11 is 0. The molecule has 0 saturated carbocycles. The van der Waals surface area contributed by atoms with Crippen molar-refractivity contribution in [2.75, 3.05) is 6.61 Å². The van der Waals surface area contributed by atoms with Crippen LogP contribution in [0.15, 0.2) is 6.07 Å². The minimum absolute atomic E-state index is 0.00723. The van der Waals surface area contributed by atoms with Gasteiger partial charge in [-0.05, 0) is 37.7 Å². The van der Waals surface area contributed by atoms with Crippen LogP contribution in [-0.4, -0.2) is 21.5 Å². The molecular weight excluding hydrogens is 212 g/mol. The smallest absolute Gasteiger partial charge is 0.0624 e. The van der Waals surface area contributed by atoms with Gasteiger partial charge in [0.25, 0.3) is 0 Å². The summed E-state index contributed by atoms with van der Waals surface area (Å²) in [6.07, 6.45) is 4.06. The number of rotatable bonds is 7. The first-order valence-electron chi connectivity index (χ1n) is 6.75. The first-order chi connectivity index (χ1) is 8.08. The lowest BCUT2D eigenvalue weighted by Gasteiger charge is -2.26. The van der Waals surface area contributed by atoms with Crippen LogP contribution in [0, 0.1) is 5.41 Å². The third-order valence-electron chi connectivity index (χ3n) is 3.42. The lowest BCUT2D eigenvalue weighted by molar-refractivity contribution is 0.129. The molecule has 0 saturated heterocycles. The molecule has 0 aliphatic carbocycles. The van der Waals surface area contributed by atoms with Crippen LogP contribution in [0.2, 0.25) is 0 Å². The second kappa shape index (κ2) is 6.20. The van der Waals surface area contributed by atoms with E-state index in [9.17, 15) is 5.11 Å². The Bertz CT molecular complexity index is 346. The minimum atomic E-state index is -0.00723. The zero-order valence-electron chi connectivity index (χ0n) is 11.7. The highest BCUT2D eigenvalue weighted by molar-refractivity contribution is 5.12. The number of aromatic nitrogens is 2. The van der Waals surface area contributed by atoms with Crippen molar-refractivity contribution in [2.45, 2.75) is 59.9 Å². The van der Waals surface area contributed by atoms with E-state index in [0.29, 0.717) is 0 Å². The monoisotopic (exact) mass is 238 g/mol. The normalized spacial score (nSPS) is 14.9. The maximum Gasteiger partial charge on any atom is 0.0624 e. The van der Waals surface area contributed by atoms with Crippen LogP contribution >= 0.6 is 0 Å². The number of aryl methyl sites for hydroxylation is 2. The summed E-state index contributed by atoms with van der Waals surface area (Å²) in [5.41, 5.74) is 2.40. The van der Waals surface area contributed by atoms with Crippen LogP contribution in [0.3, 0.4) is 0 Å². The van der Waals surface area contributed by atoms with Crippen molar-refractivity contribution < 1.29 is 5.11 Å². The van der Waals surface area contributed by atoms with Crippen LogP contribution in [0.25, 0.3) is 0 Å². The molecule has 0 fully saturated rings. The van der Waals surface area contributed by atoms with Gasteiger partial charge in [0.1, 0.15) is 0 Å². The highest BCUT2D eigenvalue weighted by atomic mass is 16.3. The topological polar surface area (TPSA) is 38.1 Å². The van der Waals surface area contributed by atoms with Crippen molar-refractivity contribution in [3.8, 4) is 0 Å². The average Bonchev–Trinajstić information content (AvgIpc) is 2.71. The lowest BCUT2D eigenvalue weighted by Crippen LogP contribution is -2.25. The third kappa shape index (κ3) is 3.56. The zero-order chi connectivity index (χ0) is 12.9. The standard InChI is InChI=1S/C14H26N2O/c1-5-8-14(4,11-17)10-13-9-12(6-2)15-16(13)7-3/h9,17H,5-8,10-11H2,1-4H3. The Morgan fingerprint density at radius 3 is 2.53 bits per heavy atom. The minimum Gasteiger partial charge on any atom is -0.396 e. The van der Waals surface area contributed by atoms with Crippen molar-refractivity contribution in [1.82, 2.24) is 9.78 Å². The Morgan fingerprint density at radius 1 is 1.35 bits per heavy atom. The Hall–Kier alpha value is -0.830. The fourth-order valence-electron chi connectivity index (χ4n) is 2.37. The average molecular weight is 238 g/mol. The molecule has 3 heteroatoms. The van der Waals surface area contributed by atoms with Gasteiger partial charge in [-0.15, -0.1) is 0 Å². The van der Waals surface area contributed by atoms with Gasteiger partial charge < -0.3 is 5.11 Å². The molecule has 1 unspecified atom stereocenters. The first-order valence-corrected chi connectivity index (χ1v) is 6.75. The molecular formula is C14H26N2O. The van der Waals surface area contributed by atoms with Crippen molar-refractivity contribution in [3.05, 3.63) is 17.5 Å². The number of aliphatic hydroxyl groups excluding tert-OH is 1. The number of hydrogen-bond acceptors (Lipinski definition) is 2. The summed E-state index contributed by atoms with van der Waals surface area (Å²) in [5, 5.41) is 14.1. The van der Waals surface area contributed by atoms with Crippen molar-refractivity contribution >= 4 is 0 Å². The molecule has 1 rings (SSSR count). The number of aliphatic hydroxyl groups is 1. The highest BCUT2D eigenvalue weighted by Gasteiger charge is 2.24. The summed E-state index contributed by atoms with van der Waals surface area (Å²) in [4.78, 5) is 0. The molecule has 0 aliphatic heterocycles. The summed E-state index contributed by atoms with van der Waals surface area (Å²) in [6, 6.07) is 2.19. The van der Waals surface area contributed by atoms with E-state index < -0.39 is 0 Å². The van der Waals surface area contributed by atoms with Gasteiger partial charge in [0.2, 0.25) is 0 Å². The molecule has 98 valence electrons. The number of nitrogens with zero attached hydrogens (tertiary/aromatic N) is 2.